The summed E-state index contributed by atoms with van der Waals surface area (Å²) in [5.41, 5.74) is -0.503. The molecule has 0 N–H and O–H groups in total. The van der Waals surface area contributed by atoms with Gasteiger partial charge in [0.15, 0.2) is 5.02 Å². The Morgan fingerprint density at radius 3 is 2.48 bits per heavy atom. The Balaban J connectivity index is 1.88. The van der Waals surface area contributed by atoms with Crippen LogP contribution in [0.25, 0.3) is 0 Å². The molecule has 0 aliphatic carbocycles. The summed E-state index contributed by atoms with van der Waals surface area (Å²) in [5, 5.41) is 10.9. The van der Waals surface area contributed by atoms with E-state index in [0.717, 1.165) is 6.07 Å². The lowest BCUT2D eigenvalue weighted by atomic mass is 10.2. The molecule has 31 heavy (non-hydrogen) atoms. The van der Waals surface area contributed by atoms with Crippen molar-refractivity contribution in [2.45, 2.75) is 20.0 Å². The van der Waals surface area contributed by atoms with Gasteiger partial charge in [0.25, 0.3) is 5.69 Å². The second-order valence-corrected chi connectivity index (χ2v) is 7.27. The van der Waals surface area contributed by atoms with Gasteiger partial charge in [-0.25, -0.2) is 9.59 Å². The van der Waals surface area contributed by atoms with E-state index in [1.165, 1.54) is 13.2 Å². The van der Waals surface area contributed by atoms with Crippen molar-refractivity contribution in [1.82, 2.24) is 9.80 Å². The third-order valence-electron chi connectivity index (χ3n) is 4.33. The number of nitro benzene ring substituents is 1. The molecule has 0 spiro atoms. The van der Waals surface area contributed by atoms with E-state index in [1.54, 1.807) is 4.90 Å². The van der Waals surface area contributed by atoms with E-state index in [2.05, 4.69) is 21.5 Å². The molecule has 0 radical (unpaired) electrons. The van der Waals surface area contributed by atoms with Gasteiger partial charge in [0.05, 0.1) is 30.2 Å². The molecule has 1 saturated heterocycles. The van der Waals surface area contributed by atoms with E-state index in [4.69, 9.17) is 21.1 Å². The smallest absolute Gasteiger partial charge is 0.410 e. The summed E-state index contributed by atoms with van der Waals surface area (Å²) in [6.45, 7) is 6.48. The molecule has 1 aliphatic heterocycles. The molecule has 11 heteroatoms. The maximum Gasteiger partial charge on any atom is 0.410 e. The van der Waals surface area contributed by atoms with Crippen LogP contribution in [0.1, 0.15) is 24.2 Å². The third kappa shape index (κ3) is 7.01. The summed E-state index contributed by atoms with van der Waals surface area (Å²) in [4.78, 5) is 37.8. The van der Waals surface area contributed by atoms with Gasteiger partial charge in [0.1, 0.15) is 12.4 Å². The molecule has 2 rings (SSSR count). The van der Waals surface area contributed by atoms with Gasteiger partial charge in [-0.15, -0.1) is 0 Å². The number of methoxy groups -OCH3 is 1. The van der Waals surface area contributed by atoms with Crippen LogP contribution in [0, 0.1) is 22.0 Å². The Morgan fingerprint density at radius 1 is 1.23 bits per heavy atom. The molecule has 0 saturated carbocycles. The van der Waals surface area contributed by atoms with Gasteiger partial charge < -0.3 is 19.1 Å². The van der Waals surface area contributed by atoms with Gasteiger partial charge >= 0.3 is 12.1 Å². The number of halogens is 1. The molecule has 0 unspecified atom stereocenters. The minimum Gasteiger partial charge on any atom is -0.479 e. The average molecular weight is 454 g/mol. The summed E-state index contributed by atoms with van der Waals surface area (Å²) < 4.78 is 15.2. The Morgan fingerprint density at radius 2 is 1.90 bits per heavy atom. The van der Waals surface area contributed by atoms with Crippen molar-refractivity contribution in [2.24, 2.45) is 0 Å². The molecule has 0 atom stereocenters. The summed E-state index contributed by atoms with van der Waals surface area (Å²) in [7, 11) is 1.17. The predicted molar refractivity (Wildman–Crippen MR) is 112 cm³/mol. The number of nitro groups is 1. The van der Waals surface area contributed by atoms with E-state index in [1.807, 2.05) is 13.8 Å². The molecular weight excluding hydrogens is 430 g/mol. The summed E-state index contributed by atoms with van der Waals surface area (Å²) in [5.74, 6) is 5.00. The molecule has 0 aromatic heterocycles. The molecule has 10 nitrogen and oxygen atoms in total. The summed E-state index contributed by atoms with van der Waals surface area (Å²) >= 11 is 6.01. The zero-order valence-electron chi connectivity index (χ0n) is 17.6. The van der Waals surface area contributed by atoms with Crippen molar-refractivity contribution in [1.29, 1.82) is 0 Å². The molecule has 1 aromatic rings. The first-order chi connectivity index (χ1) is 14.7. The van der Waals surface area contributed by atoms with Crippen molar-refractivity contribution < 1.29 is 28.7 Å². The number of carbonyl (C=O) groups is 2. The summed E-state index contributed by atoms with van der Waals surface area (Å²) in [6.07, 6.45) is -0.464. The highest BCUT2D eigenvalue weighted by Crippen LogP contribution is 2.35. The number of rotatable bonds is 6. The maximum atomic E-state index is 11.9. The standard InChI is InChI=1S/C20H24ClN3O7/c1-14(2)31-20(26)23-9-7-22(8-10-23)6-4-5-11-30-17-13-15(19(25)29-3)12-16(18(17)21)24(27)28/h12-14H,6-11H2,1-3H3. The van der Waals surface area contributed by atoms with Crippen LogP contribution >= 0.6 is 11.6 Å². The topological polar surface area (TPSA) is 111 Å². The van der Waals surface area contributed by atoms with Crippen molar-refractivity contribution >= 4 is 29.4 Å². The Labute approximate surface area is 185 Å². The molecule has 168 valence electrons. The number of esters is 1. The number of carbonyl (C=O) groups excluding carboxylic acids is 2. The number of piperazine rings is 1. The van der Waals surface area contributed by atoms with Gasteiger partial charge in [-0.3, -0.25) is 15.0 Å². The lowest BCUT2D eigenvalue weighted by Crippen LogP contribution is -2.49. The van der Waals surface area contributed by atoms with Crippen LogP contribution in [0.15, 0.2) is 12.1 Å². The number of amides is 1. The average Bonchev–Trinajstić information content (AvgIpc) is 2.73. The third-order valence-corrected chi connectivity index (χ3v) is 4.71. The Hall–Kier alpha value is -3.03. The van der Waals surface area contributed by atoms with Crippen LogP contribution in [0.5, 0.6) is 5.75 Å². The first-order valence-corrected chi connectivity index (χ1v) is 9.93. The molecule has 1 fully saturated rings. The van der Waals surface area contributed by atoms with E-state index in [9.17, 15) is 19.7 Å². The number of ether oxygens (including phenoxy) is 3. The highest BCUT2D eigenvalue weighted by atomic mass is 35.5. The van der Waals surface area contributed by atoms with Crippen molar-refractivity contribution in [3.8, 4) is 17.6 Å². The second-order valence-electron chi connectivity index (χ2n) is 6.89. The lowest BCUT2D eigenvalue weighted by molar-refractivity contribution is -0.384. The zero-order chi connectivity index (χ0) is 23.0. The fraction of sp³-hybridized carbons (Fsp3) is 0.500. The van der Waals surface area contributed by atoms with Crippen molar-refractivity contribution in [3.63, 3.8) is 0 Å². The quantitative estimate of drug-likeness (QED) is 0.279. The first-order valence-electron chi connectivity index (χ1n) is 9.55. The van der Waals surface area contributed by atoms with E-state index in [0.29, 0.717) is 32.7 Å². The Bertz CT molecular complexity index is 887. The molecule has 1 aliphatic rings. The van der Waals surface area contributed by atoms with Gasteiger partial charge in [-0.05, 0) is 19.9 Å². The van der Waals surface area contributed by atoms with Crippen LogP contribution in [0.4, 0.5) is 10.5 Å². The van der Waals surface area contributed by atoms with E-state index >= 15 is 0 Å². The fourth-order valence-electron chi connectivity index (χ4n) is 2.75. The first kappa shape index (κ1) is 24.2. The monoisotopic (exact) mass is 453 g/mol. The maximum absolute atomic E-state index is 11.9. The molecule has 1 amide bonds. The largest absolute Gasteiger partial charge is 0.479 e. The summed E-state index contributed by atoms with van der Waals surface area (Å²) in [6, 6.07) is 2.31. The van der Waals surface area contributed by atoms with Crippen LogP contribution in [0.3, 0.4) is 0 Å². The molecular formula is C20H24ClN3O7. The SMILES string of the molecule is COC(=O)c1cc(OCC#CCN2CCN(C(=O)OC(C)C)CC2)c(Cl)c([N+](=O)[O-])c1. The minimum atomic E-state index is -0.743. The van der Waals surface area contributed by atoms with Crippen molar-refractivity contribution in [3.05, 3.63) is 32.8 Å². The van der Waals surface area contributed by atoms with Gasteiger partial charge in [0, 0.05) is 32.2 Å². The highest BCUT2D eigenvalue weighted by Gasteiger charge is 2.23. The van der Waals surface area contributed by atoms with Crippen LogP contribution < -0.4 is 4.74 Å². The molecule has 0 bridgehead atoms. The van der Waals surface area contributed by atoms with Crippen LogP contribution in [-0.4, -0.2) is 79.3 Å². The Kier molecular flexibility index (Phi) is 8.90. The lowest BCUT2D eigenvalue weighted by Gasteiger charge is -2.33. The van der Waals surface area contributed by atoms with Gasteiger partial charge in [-0.2, -0.15) is 0 Å². The van der Waals surface area contributed by atoms with Crippen LogP contribution in [-0.2, 0) is 9.47 Å². The van der Waals surface area contributed by atoms with E-state index < -0.39 is 16.6 Å². The number of benzene rings is 1. The zero-order valence-corrected chi connectivity index (χ0v) is 18.3. The second kappa shape index (κ2) is 11.4. The number of hydrogen-bond acceptors (Lipinski definition) is 8. The molecule has 1 aromatic carbocycles. The van der Waals surface area contributed by atoms with Crippen molar-refractivity contribution in [2.75, 3.05) is 46.4 Å². The number of hydrogen-bond donors (Lipinski definition) is 0. The molecule has 1 heterocycles. The van der Waals surface area contributed by atoms with Gasteiger partial charge in [0.2, 0.25) is 0 Å². The normalized spacial score (nSPS) is 13.9. The minimum absolute atomic E-state index is 0.0251. The van der Waals surface area contributed by atoms with Crippen LogP contribution in [0.2, 0.25) is 5.02 Å². The fourth-order valence-corrected chi connectivity index (χ4v) is 2.99. The predicted octanol–water partition coefficient (Wildman–Crippen LogP) is 2.58. The highest BCUT2D eigenvalue weighted by molar-refractivity contribution is 6.34. The van der Waals surface area contributed by atoms with E-state index in [-0.39, 0.29) is 35.1 Å². The number of nitrogens with zero attached hydrogens (tertiary/aromatic N) is 3. The van der Waals surface area contributed by atoms with Gasteiger partial charge in [-0.1, -0.05) is 23.4 Å².